The van der Waals surface area contributed by atoms with Crippen LogP contribution in [0, 0.1) is 0 Å². The number of amides is 2. The molecule has 0 saturated heterocycles. The highest BCUT2D eigenvalue weighted by Gasteiger charge is 2.26. The smallest absolute Gasteiger partial charge is 0.261 e. The molecule has 0 bridgehead atoms. The molecule has 0 aliphatic heterocycles. The molecule has 162 valence electrons. The second kappa shape index (κ2) is 11.4. The van der Waals surface area contributed by atoms with Crippen LogP contribution >= 0.6 is 27.5 Å². The Morgan fingerprint density at radius 3 is 2.37 bits per heavy atom. The van der Waals surface area contributed by atoms with Gasteiger partial charge in [-0.15, -0.1) is 0 Å². The molecular weight excluding hydrogens is 468 g/mol. The third kappa shape index (κ3) is 6.74. The van der Waals surface area contributed by atoms with E-state index in [1.54, 1.807) is 19.1 Å². The number of hydrogen-bond donors (Lipinski definition) is 1. The molecule has 0 fully saturated rings. The molecule has 1 atom stereocenters. The third-order valence-electron chi connectivity index (χ3n) is 4.76. The molecule has 30 heavy (non-hydrogen) atoms. The molecule has 2 aromatic rings. The van der Waals surface area contributed by atoms with Crippen molar-refractivity contribution in [3.63, 3.8) is 0 Å². The first-order valence-electron chi connectivity index (χ1n) is 9.96. The number of benzene rings is 2. The number of nitrogens with one attached hydrogen (secondary N) is 1. The number of nitrogens with zero attached hydrogens (tertiary/aromatic N) is 1. The summed E-state index contributed by atoms with van der Waals surface area (Å²) < 4.78 is 6.56. The van der Waals surface area contributed by atoms with Gasteiger partial charge < -0.3 is 15.0 Å². The van der Waals surface area contributed by atoms with E-state index < -0.39 is 6.04 Å². The van der Waals surface area contributed by atoms with E-state index in [0.717, 1.165) is 10.0 Å². The van der Waals surface area contributed by atoms with Crippen molar-refractivity contribution in [2.24, 2.45) is 0 Å². The van der Waals surface area contributed by atoms with Gasteiger partial charge in [0.1, 0.15) is 11.8 Å². The SMILES string of the molecule is CCNC(=O)[C@@H](C)N(Cc1ccc(Cl)cc1)C(=O)COc1ccc(C(C)C)cc1Br. The maximum absolute atomic E-state index is 13.0. The lowest BCUT2D eigenvalue weighted by atomic mass is 10.0. The lowest BCUT2D eigenvalue weighted by Gasteiger charge is -2.28. The topological polar surface area (TPSA) is 58.6 Å². The molecule has 0 heterocycles. The van der Waals surface area contributed by atoms with E-state index in [0.29, 0.717) is 23.2 Å². The molecule has 2 rings (SSSR count). The van der Waals surface area contributed by atoms with Crippen LogP contribution in [-0.4, -0.2) is 35.9 Å². The molecular formula is C23H28BrClN2O3. The van der Waals surface area contributed by atoms with Crippen LogP contribution in [0.25, 0.3) is 0 Å². The predicted octanol–water partition coefficient (Wildman–Crippen LogP) is 5.16. The molecule has 0 spiro atoms. The van der Waals surface area contributed by atoms with Crippen molar-refractivity contribution in [3.8, 4) is 5.75 Å². The quantitative estimate of drug-likeness (QED) is 0.523. The fourth-order valence-electron chi connectivity index (χ4n) is 2.91. The molecule has 0 saturated carbocycles. The van der Waals surface area contributed by atoms with Crippen LogP contribution in [0.2, 0.25) is 5.02 Å². The van der Waals surface area contributed by atoms with Crippen molar-refractivity contribution in [2.45, 2.75) is 46.2 Å². The van der Waals surface area contributed by atoms with Crippen LogP contribution in [0.1, 0.15) is 44.7 Å². The van der Waals surface area contributed by atoms with E-state index in [1.807, 2.05) is 37.3 Å². The van der Waals surface area contributed by atoms with Crippen molar-refractivity contribution in [1.29, 1.82) is 0 Å². The average Bonchev–Trinajstić information content (AvgIpc) is 2.71. The second-order valence-corrected chi connectivity index (χ2v) is 8.64. The first-order valence-corrected chi connectivity index (χ1v) is 11.1. The van der Waals surface area contributed by atoms with Crippen molar-refractivity contribution >= 4 is 39.3 Å². The Balaban J connectivity index is 2.15. The zero-order valence-corrected chi connectivity index (χ0v) is 20.1. The van der Waals surface area contributed by atoms with Gasteiger partial charge in [0, 0.05) is 18.1 Å². The van der Waals surface area contributed by atoms with Crippen LogP contribution in [0.4, 0.5) is 0 Å². The Bertz CT molecular complexity index is 871. The Labute approximate surface area is 191 Å². The van der Waals surface area contributed by atoms with E-state index in [9.17, 15) is 9.59 Å². The van der Waals surface area contributed by atoms with Gasteiger partial charge in [0.05, 0.1) is 4.47 Å². The van der Waals surface area contributed by atoms with E-state index in [-0.39, 0.29) is 25.0 Å². The Kier molecular flexibility index (Phi) is 9.18. The molecule has 0 aliphatic rings. The highest BCUT2D eigenvalue weighted by atomic mass is 79.9. The minimum atomic E-state index is -0.636. The molecule has 0 aliphatic carbocycles. The third-order valence-corrected chi connectivity index (χ3v) is 5.63. The molecule has 2 aromatic carbocycles. The number of rotatable bonds is 9. The standard InChI is InChI=1S/C23H28BrClN2O3/c1-5-26-23(29)16(4)27(13-17-6-9-19(25)10-7-17)22(28)14-30-21-11-8-18(15(2)3)12-20(21)24/h6-12,15-16H,5,13-14H2,1-4H3,(H,26,29)/t16-/m1/s1. The van der Waals surface area contributed by atoms with Gasteiger partial charge in [0.25, 0.3) is 5.91 Å². The van der Waals surface area contributed by atoms with Gasteiger partial charge in [-0.25, -0.2) is 0 Å². The van der Waals surface area contributed by atoms with Crippen LogP contribution in [0.3, 0.4) is 0 Å². The lowest BCUT2D eigenvalue weighted by molar-refractivity contribution is -0.142. The maximum Gasteiger partial charge on any atom is 0.261 e. The Morgan fingerprint density at radius 2 is 1.80 bits per heavy atom. The van der Waals surface area contributed by atoms with Gasteiger partial charge in [-0.3, -0.25) is 9.59 Å². The van der Waals surface area contributed by atoms with Gasteiger partial charge in [-0.05, 0) is 71.1 Å². The van der Waals surface area contributed by atoms with Crippen LogP contribution < -0.4 is 10.1 Å². The zero-order valence-electron chi connectivity index (χ0n) is 17.7. The van der Waals surface area contributed by atoms with Gasteiger partial charge in [0.15, 0.2) is 6.61 Å². The molecule has 1 N–H and O–H groups in total. The summed E-state index contributed by atoms with van der Waals surface area (Å²) in [6.45, 7) is 8.40. The van der Waals surface area contributed by atoms with Crippen molar-refractivity contribution in [1.82, 2.24) is 10.2 Å². The summed E-state index contributed by atoms with van der Waals surface area (Å²) in [4.78, 5) is 26.9. The summed E-state index contributed by atoms with van der Waals surface area (Å²) in [6.07, 6.45) is 0. The van der Waals surface area contributed by atoms with Crippen molar-refractivity contribution < 1.29 is 14.3 Å². The molecule has 0 aromatic heterocycles. The van der Waals surface area contributed by atoms with Gasteiger partial charge in [-0.1, -0.05) is 43.6 Å². The summed E-state index contributed by atoms with van der Waals surface area (Å²) in [5, 5.41) is 3.39. The monoisotopic (exact) mass is 494 g/mol. The lowest BCUT2D eigenvalue weighted by Crippen LogP contribution is -2.49. The first kappa shape index (κ1) is 24.2. The average molecular weight is 496 g/mol. The number of halogens is 2. The van der Waals surface area contributed by atoms with Crippen LogP contribution in [0.15, 0.2) is 46.9 Å². The number of carbonyl (C=O) groups is 2. The highest BCUT2D eigenvalue weighted by Crippen LogP contribution is 2.29. The van der Waals surface area contributed by atoms with Gasteiger partial charge in [-0.2, -0.15) is 0 Å². The summed E-state index contributed by atoms with van der Waals surface area (Å²) in [7, 11) is 0. The largest absolute Gasteiger partial charge is 0.483 e. The van der Waals surface area contributed by atoms with E-state index in [2.05, 4.69) is 35.1 Å². The minimum absolute atomic E-state index is 0.170. The summed E-state index contributed by atoms with van der Waals surface area (Å²) in [5.74, 6) is 0.500. The number of hydrogen-bond acceptors (Lipinski definition) is 3. The molecule has 0 unspecified atom stereocenters. The summed E-state index contributed by atoms with van der Waals surface area (Å²) in [5.41, 5.74) is 2.06. The minimum Gasteiger partial charge on any atom is -0.483 e. The molecule has 7 heteroatoms. The molecule has 5 nitrogen and oxygen atoms in total. The van der Waals surface area contributed by atoms with E-state index in [1.165, 1.54) is 10.5 Å². The van der Waals surface area contributed by atoms with Gasteiger partial charge in [0.2, 0.25) is 5.91 Å². The predicted molar refractivity (Wildman–Crippen MR) is 124 cm³/mol. The van der Waals surface area contributed by atoms with Crippen LogP contribution in [0.5, 0.6) is 5.75 Å². The fraction of sp³-hybridized carbons (Fsp3) is 0.391. The normalized spacial score (nSPS) is 11.8. The van der Waals surface area contributed by atoms with Gasteiger partial charge >= 0.3 is 0 Å². The van der Waals surface area contributed by atoms with Crippen LogP contribution in [-0.2, 0) is 16.1 Å². The highest BCUT2D eigenvalue weighted by molar-refractivity contribution is 9.10. The van der Waals surface area contributed by atoms with Crippen molar-refractivity contribution in [3.05, 3.63) is 63.1 Å². The number of likely N-dealkylation sites (N-methyl/N-ethyl adjacent to an activating group) is 1. The van der Waals surface area contributed by atoms with E-state index >= 15 is 0 Å². The number of ether oxygens (including phenoxy) is 1. The van der Waals surface area contributed by atoms with E-state index in [4.69, 9.17) is 16.3 Å². The molecule has 0 radical (unpaired) electrons. The summed E-state index contributed by atoms with van der Waals surface area (Å²) in [6, 6.07) is 12.4. The maximum atomic E-state index is 13.0. The Hall–Kier alpha value is -2.05. The molecule has 2 amide bonds. The number of carbonyl (C=O) groups excluding carboxylic acids is 2. The second-order valence-electron chi connectivity index (χ2n) is 7.35. The first-order chi connectivity index (χ1) is 14.2. The Morgan fingerprint density at radius 1 is 1.13 bits per heavy atom. The summed E-state index contributed by atoms with van der Waals surface area (Å²) >= 11 is 9.47. The van der Waals surface area contributed by atoms with Crippen molar-refractivity contribution in [2.75, 3.05) is 13.2 Å². The zero-order chi connectivity index (χ0) is 22.3. The fourth-order valence-corrected chi connectivity index (χ4v) is 3.54.